The minimum Gasteiger partial charge on any atom is -0.293 e. The van der Waals surface area contributed by atoms with Gasteiger partial charge in [0.1, 0.15) is 0 Å². The Labute approximate surface area is 103 Å². The number of hydrogen-bond donors (Lipinski definition) is 0. The highest BCUT2D eigenvalue weighted by Crippen LogP contribution is 2.32. The molecule has 2 rings (SSSR count). The fourth-order valence-corrected chi connectivity index (χ4v) is 2.63. The lowest BCUT2D eigenvalue weighted by Crippen LogP contribution is -2.20. The monoisotopic (exact) mass is 226 g/mol. The van der Waals surface area contributed by atoms with E-state index in [4.69, 9.17) is 0 Å². The van der Waals surface area contributed by atoms with Crippen LogP contribution in [-0.2, 0) is 0 Å². The van der Waals surface area contributed by atoms with Gasteiger partial charge in [-0.3, -0.25) is 4.79 Å². The van der Waals surface area contributed by atoms with Gasteiger partial charge in [-0.05, 0) is 25.7 Å². The number of carbonyl (C=O) groups excluding carboxylic acids is 1. The van der Waals surface area contributed by atoms with Crippen LogP contribution in [0.4, 0.5) is 0 Å². The first-order chi connectivity index (χ1) is 8.33. The Bertz CT molecular complexity index is 430. The Morgan fingerprint density at radius 2 is 1.88 bits per heavy atom. The van der Waals surface area contributed by atoms with Crippen molar-refractivity contribution in [2.75, 3.05) is 0 Å². The van der Waals surface area contributed by atoms with Gasteiger partial charge < -0.3 is 0 Å². The highest BCUT2D eigenvalue weighted by Gasteiger charge is 2.29. The molecule has 88 valence electrons. The van der Waals surface area contributed by atoms with Crippen LogP contribution in [0.5, 0.6) is 0 Å². The van der Waals surface area contributed by atoms with E-state index in [0.717, 1.165) is 18.4 Å². The van der Waals surface area contributed by atoms with E-state index >= 15 is 0 Å². The van der Waals surface area contributed by atoms with E-state index in [9.17, 15) is 4.79 Å². The normalized spacial score (nSPS) is 17.2. The average molecular weight is 226 g/mol. The van der Waals surface area contributed by atoms with Crippen LogP contribution in [0.3, 0.4) is 0 Å². The summed E-state index contributed by atoms with van der Waals surface area (Å²) in [4.78, 5) is 12.4. The van der Waals surface area contributed by atoms with Gasteiger partial charge in [0.15, 0.2) is 5.78 Å². The van der Waals surface area contributed by atoms with E-state index in [-0.39, 0.29) is 11.7 Å². The Balaban J connectivity index is 2.20. The molecule has 1 aliphatic carbocycles. The molecule has 1 fully saturated rings. The van der Waals surface area contributed by atoms with Crippen LogP contribution in [0.2, 0.25) is 0 Å². The zero-order valence-corrected chi connectivity index (χ0v) is 10.3. The summed E-state index contributed by atoms with van der Waals surface area (Å²) in [6.45, 7) is 1.82. The van der Waals surface area contributed by atoms with Crippen molar-refractivity contribution in [3.8, 4) is 11.8 Å². The molecule has 0 amide bonds. The maximum Gasteiger partial charge on any atom is 0.178 e. The topological polar surface area (TPSA) is 17.1 Å². The van der Waals surface area contributed by atoms with Gasteiger partial charge in [0.2, 0.25) is 0 Å². The molecule has 17 heavy (non-hydrogen) atoms. The Morgan fingerprint density at radius 3 is 2.47 bits per heavy atom. The summed E-state index contributed by atoms with van der Waals surface area (Å²) in [5.41, 5.74) is 0.798. The smallest absolute Gasteiger partial charge is 0.178 e. The lowest BCUT2D eigenvalue weighted by atomic mass is 9.85. The van der Waals surface area contributed by atoms with Crippen LogP contribution in [0.25, 0.3) is 0 Å². The van der Waals surface area contributed by atoms with Crippen LogP contribution in [0, 0.1) is 23.7 Å². The van der Waals surface area contributed by atoms with Crippen molar-refractivity contribution in [2.24, 2.45) is 11.8 Å². The largest absolute Gasteiger partial charge is 0.293 e. The van der Waals surface area contributed by atoms with E-state index in [2.05, 4.69) is 11.8 Å². The second-order valence-electron chi connectivity index (χ2n) is 4.65. The average Bonchev–Trinajstić information content (AvgIpc) is 2.90. The second-order valence-corrected chi connectivity index (χ2v) is 4.65. The van der Waals surface area contributed by atoms with Crippen molar-refractivity contribution >= 4 is 5.78 Å². The van der Waals surface area contributed by atoms with Crippen LogP contribution in [-0.4, -0.2) is 5.78 Å². The van der Waals surface area contributed by atoms with Crippen molar-refractivity contribution in [1.29, 1.82) is 0 Å². The third-order valence-electron chi connectivity index (χ3n) is 3.51. The number of rotatable bonds is 3. The fraction of sp³-hybridized carbons (Fsp3) is 0.438. The molecule has 0 saturated heterocycles. The molecule has 0 aliphatic heterocycles. The lowest BCUT2D eigenvalue weighted by molar-refractivity contribution is 0.0916. The summed E-state index contributed by atoms with van der Waals surface area (Å²) < 4.78 is 0. The standard InChI is InChI=1S/C16H18O/c1-2-8-15(13-9-6-7-10-13)16(17)14-11-4-3-5-12-14/h3-5,11-13,15H,6-7,9-10H2,1H3. The third kappa shape index (κ3) is 2.77. The number of ketones is 1. The van der Waals surface area contributed by atoms with Crippen LogP contribution < -0.4 is 0 Å². The zero-order valence-electron chi connectivity index (χ0n) is 10.3. The fourth-order valence-electron chi connectivity index (χ4n) is 2.63. The predicted molar refractivity (Wildman–Crippen MR) is 69.7 cm³/mol. The maximum atomic E-state index is 12.4. The molecule has 1 atom stereocenters. The van der Waals surface area contributed by atoms with Crippen molar-refractivity contribution in [1.82, 2.24) is 0 Å². The van der Waals surface area contributed by atoms with Crippen LogP contribution >= 0.6 is 0 Å². The first-order valence-electron chi connectivity index (χ1n) is 6.34. The zero-order chi connectivity index (χ0) is 12.1. The van der Waals surface area contributed by atoms with Gasteiger partial charge in [-0.1, -0.05) is 49.1 Å². The lowest BCUT2D eigenvalue weighted by Gasteiger charge is -2.16. The summed E-state index contributed by atoms with van der Waals surface area (Å²) in [6, 6.07) is 9.55. The minimum absolute atomic E-state index is 0.0927. The van der Waals surface area contributed by atoms with Gasteiger partial charge in [-0.2, -0.15) is 0 Å². The van der Waals surface area contributed by atoms with E-state index in [0.29, 0.717) is 5.92 Å². The molecule has 1 heteroatoms. The molecule has 0 spiro atoms. The number of carbonyl (C=O) groups is 1. The summed E-state index contributed by atoms with van der Waals surface area (Å²) in [5, 5.41) is 0. The van der Waals surface area contributed by atoms with Crippen LogP contribution in [0.15, 0.2) is 30.3 Å². The van der Waals surface area contributed by atoms with Crippen molar-refractivity contribution in [3.63, 3.8) is 0 Å². The molecule has 1 aromatic carbocycles. The SMILES string of the molecule is CC#CC(C(=O)c1ccccc1)C1CCCC1. The number of hydrogen-bond acceptors (Lipinski definition) is 1. The second kappa shape index (κ2) is 5.68. The maximum absolute atomic E-state index is 12.4. The first-order valence-corrected chi connectivity index (χ1v) is 6.34. The van der Waals surface area contributed by atoms with Crippen LogP contribution in [0.1, 0.15) is 43.0 Å². The first kappa shape index (κ1) is 11.9. The Morgan fingerprint density at radius 1 is 1.24 bits per heavy atom. The summed E-state index contributed by atoms with van der Waals surface area (Å²) in [6.07, 6.45) is 4.79. The number of benzene rings is 1. The van der Waals surface area contributed by atoms with Gasteiger partial charge in [-0.25, -0.2) is 0 Å². The van der Waals surface area contributed by atoms with Gasteiger partial charge in [-0.15, -0.1) is 5.92 Å². The van der Waals surface area contributed by atoms with Gasteiger partial charge >= 0.3 is 0 Å². The molecule has 0 bridgehead atoms. The van der Waals surface area contributed by atoms with E-state index in [1.165, 1.54) is 12.8 Å². The third-order valence-corrected chi connectivity index (χ3v) is 3.51. The Kier molecular flexibility index (Phi) is 3.98. The van der Waals surface area contributed by atoms with Crippen molar-refractivity contribution in [3.05, 3.63) is 35.9 Å². The summed E-state index contributed by atoms with van der Waals surface area (Å²) >= 11 is 0. The van der Waals surface area contributed by atoms with Gasteiger partial charge in [0, 0.05) is 5.56 Å². The molecule has 1 aliphatic rings. The van der Waals surface area contributed by atoms with Crippen molar-refractivity contribution < 1.29 is 4.79 Å². The molecule has 0 radical (unpaired) electrons. The van der Waals surface area contributed by atoms with E-state index in [1.807, 2.05) is 37.3 Å². The molecule has 0 N–H and O–H groups in total. The van der Waals surface area contributed by atoms with E-state index in [1.54, 1.807) is 0 Å². The molecule has 1 aromatic rings. The minimum atomic E-state index is -0.0927. The molecular weight excluding hydrogens is 208 g/mol. The molecule has 1 unspecified atom stereocenters. The highest BCUT2D eigenvalue weighted by atomic mass is 16.1. The quantitative estimate of drug-likeness (QED) is 0.567. The summed E-state index contributed by atoms with van der Waals surface area (Å²) in [5.74, 6) is 6.62. The molecular formula is C16H18O. The molecule has 0 aromatic heterocycles. The summed E-state index contributed by atoms with van der Waals surface area (Å²) in [7, 11) is 0. The van der Waals surface area contributed by atoms with Crippen molar-refractivity contribution in [2.45, 2.75) is 32.6 Å². The molecule has 1 saturated carbocycles. The molecule has 0 heterocycles. The van der Waals surface area contributed by atoms with Gasteiger partial charge in [0.25, 0.3) is 0 Å². The van der Waals surface area contributed by atoms with E-state index < -0.39 is 0 Å². The highest BCUT2D eigenvalue weighted by molar-refractivity contribution is 5.99. The Hall–Kier alpha value is -1.55. The van der Waals surface area contributed by atoms with Gasteiger partial charge in [0.05, 0.1) is 5.92 Å². The predicted octanol–water partition coefficient (Wildman–Crippen LogP) is 3.70. The number of Topliss-reactive ketones (excluding diaryl/α,β-unsaturated/α-hetero) is 1. The molecule has 1 nitrogen and oxygen atoms in total.